The van der Waals surface area contributed by atoms with Crippen LogP contribution in [0, 0.1) is 0 Å². The molecule has 3 rings (SSSR count). The average Bonchev–Trinajstić information content (AvgIpc) is 2.91. The van der Waals surface area contributed by atoms with E-state index in [-0.39, 0.29) is 13.3 Å². The van der Waals surface area contributed by atoms with Gasteiger partial charge in [0.05, 0.1) is 11.4 Å². The molecule has 114 valence electrons. The maximum Gasteiger partial charge on any atom is 0.224 e. The summed E-state index contributed by atoms with van der Waals surface area (Å²) in [5.74, 6) is -0.0109. The molecule has 0 fully saturated rings. The first-order chi connectivity index (χ1) is 10.2. The second-order valence-electron chi connectivity index (χ2n) is 4.89. The fraction of sp³-hybridized carbons (Fsp3) is 0.167. The summed E-state index contributed by atoms with van der Waals surface area (Å²) in [5.41, 5.74) is 8.32. The van der Waals surface area contributed by atoms with E-state index in [2.05, 4.69) is 22.8 Å². The van der Waals surface area contributed by atoms with Crippen LogP contribution in [0.15, 0.2) is 53.9 Å². The number of anilines is 2. The first kappa shape index (κ1) is 16.0. The predicted octanol–water partition coefficient (Wildman–Crippen LogP) is 4.69. The molecule has 0 saturated carbocycles. The van der Waals surface area contributed by atoms with Crippen molar-refractivity contribution in [3.05, 3.63) is 59.5 Å². The fourth-order valence-electron chi connectivity index (χ4n) is 2.30. The summed E-state index contributed by atoms with van der Waals surface area (Å²) in [6.07, 6.45) is 1.19. The van der Waals surface area contributed by atoms with Crippen molar-refractivity contribution in [3.63, 3.8) is 0 Å². The van der Waals surface area contributed by atoms with Crippen molar-refractivity contribution >= 4 is 38.7 Å². The third kappa shape index (κ3) is 3.46. The van der Waals surface area contributed by atoms with Crippen LogP contribution in [0.4, 0.5) is 11.4 Å². The Balaban J connectivity index is 0.00000176. The smallest absolute Gasteiger partial charge is 0.224 e. The Morgan fingerprint density at radius 1 is 1.09 bits per heavy atom. The first-order valence-electron chi connectivity index (χ1n) is 6.83. The van der Waals surface area contributed by atoms with Gasteiger partial charge in [-0.1, -0.05) is 37.8 Å². The monoisotopic (exact) mass is 312 g/mol. The van der Waals surface area contributed by atoms with Gasteiger partial charge < -0.3 is 11.1 Å². The molecule has 0 radical (unpaired) electrons. The minimum absolute atomic E-state index is 0. The quantitative estimate of drug-likeness (QED) is 0.687. The molecule has 4 heteroatoms. The molecule has 0 spiro atoms. The number of hydrogen-bond donors (Lipinski definition) is 2. The van der Waals surface area contributed by atoms with Crippen LogP contribution in [0.5, 0.6) is 0 Å². The normalized spacial score (nSPS) is 10.2. The molecule has 22 heavy (non-hydrogen) atoms. The van der Waals surface area contributed by atoms with Gasteiger partial charge in [-0.15, -0.1) is 11.3 Å². The first-order valence-corrected chi connectivity index (χ1v) is 7.71. The Kier molecular flexibility index (Phi) is 5.17. The van der Waals surface area contributed by atoms with Crippen LogP contribution in [0.2, 0.25) is 0 Å². The van der Waals surface area contributed by atoms with Gasteiger partial charge >= 0.3 is 0 Å². The van der Waals surface area contributed by atoms with Crippen molar-refractivity contribution in [1.29, 1.82) is 0 Å². The number of hydrogen-bond acceptors (Lipinski definition) is 3. The molecule has 0 bridgehead atoms. The molecule has 0 atom stereocenters. The molecule has 0 unspecified atom stereocenters. The van der Waals surface area contributed by atoms with Gasteiger partial charge in [0.2, 0.25) is 5.91 Å². The van der Waals surface area contributed by atoms with Crippen LogP contribution >= 0.6 is 11.3 Å². The highest BCUT2D eigenvalue weighted by atomic mass is 32.1. The topological polar surface area (TPSA) is 55.1 Å². The Bertz CT molecular complexity index is 779. The Hall–Kier alpha value is -2.33. The molecule has 3 nitrogen and oxygen atoms in total. The molecule has 1 aromatic heterocycles. The minimum atomic E-state index is -0.0109. The zero-order valence-corrected chi connectivity index (χ0v) is 12.3. The van der Waals surface area contributed by atoms with Crippen LogP contribution in [-0.4, -0.2) is 5.91 Å². The van der Waals surface area contributed by atoms with E-state index in [0.29, 0.717) is 17.8 Å². The van der Waals surface area contributed by atoms with Crippen LogP contribution < -0.4 is 11.1 Å². The molecule has 0 aliphatic heterocycles. The number of nitrogen functional groups attached to an aromatic ring is 1. The summed E-state index contributed by atoms with van der Waals surface area (Å²) >= 11 is 1.72. The highest BCUT2D eigenvalue weighted by Gasteiger charge is 2.08. The largest absolute Gasteiger partial charge is 0.397 e. The number of rotatable bonds is 4. The Morgan fingerprint density at radius 3 is 2.64 bits per heavy atom. The standard InChI is InChI=1S/C17H16N2OS.CH4/c18-14-6-2-3-7-15(14)19-17(20)10-9-12-11-21-16-8-4-1-5-13(12)16;/h1-8,11H,9-10,18H2,(H,19,20);1H4. The van der Waals surface area contributed by atoms with Gasteiger partial charge in [0.1, 0.15) is 0 Å². The Labute approximate surface area is 134 Å². The van der Waals surface area contributed by atoms with Crippen LogP contribution in [0.25, 0.3) is 10.1 Å². The SMILES string of the molecule is C.Nc1ccccc1NC(=O)CCc1csc2ccccc12. The average molecular weight is 312 g/mol. The second-order valence-corrected chi connectivity index (χ2v) is 5.80. The molecule has 1 heterocycles. The Morgan fingerprint density at radius 2 is 1.82 bits per heavy atom. The third-order valence-electron chi connectivity index (χ3n) is 3.42. The molecule has 3 aromatic rings. The number of thiophene rings is 1. The molecular weight excluding hydrogens is 292 g/mol. The maximum absolute atomic E-state index is 12.0. The van der Waals surface area contributed by atoms with Gasteiger partial charge in [-0.25, -0.2) is 0 Å². The second kappa shape index (κ2) is 7.09. The molecule has 0 saturated heterocycles. The van der Waals surface area contributed by atoms with E-state index < -0.39 is 0 Å². The number of carbonyl (C=O) groups is 1. The molecular formula is C18H20N2OS. The number of nitrogens with one attached hydrogen (secondary N) is 1. The minimum Gasteiger partial charge on any atom is -0.397 e. The van der Waals surface area contributed by atoms with E-state index in [4.69, 9.17) is 5.73 Å². The highest BCUT2D eigenvalue weighted by molar-refractivity contribution is 7.17. The predicted molar refractivity (Wildman–Crippen MR) is 96.4 cm³/mol. The van der Waals surface area contributed by atoms with Crippen molar-refractivity contribution in [2.24, 2.45) is 0 Å². The molecule has 0 aliphatic carbocycles. The van der Waals surface area contributed by atoms with Gasteiger partial charge in [-0.2, -0.15) is 0 Å². The summed E-state index contributed by atoms with van der Waals surface area (Å²) in [4.78, 5) is 12.0. The lowest BCUT2D eigenvalue weighted by molar-refractivity contribution is -0.116. The van der Waals surface area contributed by atoms with Crippen molar-refractivity contribution in [2.45, 2.75) is 20.3 Å². The van der Waals surface area contributed by atoms with Gasteiger partial charge in [0, 0.05) is 11.1 Å². The lowest BCUT2D eigenvalue weighted by Crippen LogP contribution is -2.13. The van der Waals surface area contributed by atoms with Crippen LogP contribution in [-0.2, 0) is 11.2 Å². The van der Waals surface area contributed by atoms with E-state index in [1.807, 2.05) is 30.3 Å². The zero-order chi connectivity index (χ0) is 14.7. The van der Waals surface area contributed by atoms with Crippen molar-refractivity contribution in [3.8, 4) is 0 Å². The van der Waals surface area contributed by atoms with Gasteiger partial charge in [-0.3, -0.25) is 4.79 Å². The molecule has 1 amide bonds. The summed E-state index contributed by atoms with van der Waals surface area (Å²) in [6.45, 7) is 0. The highest BCUT2D eigenvalue weighted by Crippen LogP contribution is 2.26. The maximum atomic E-state index is 12.0. The van der Waals surface area contributed by atoms with Crippen LogP contribution in [0.1, 0.15) is 19.4 Å². The molecule has 3 N–H and O–H groups in total. The number of fused-ring (bicyclic) bond motifs is 1. The summed E-state index contributed by atoms with van der Waals surface area (Å²) in [7, 11) is 0. The number of carbonyl (C=O) groups excluding carboxylic acids is 1. The van der Waals surface area contributed by atoms with E-state index >= 15 is 0 Å². The summed E-state index contributed by atoms with van der Waals surface area (Å²) < 4.78 is 1.26. The number of nitrogens with two attached hydrogens (primary N) is 1. The van der Waals surface area contributed by atoms with Crippen molar-refractivity contribution in [1.82, 2.24) is 0 Å². The lowest BCUT2D eigenvalue weighted by Gasteiger charge is -2.07. The van der Waals surface area contributed by atoms with Gasteiger partial charge in [-0.05, 0) is 40.9 Å². The number of para-hydroxylation sites is 2. The molecule has 2 aromatic carbocycles. The van der Waals surface area contributed by atoms with E-state index in [0.717, 1.165) is 6.42 Å². The van der Waals surface area contributed by atoms with Gasteiger partial charge in [0.25, 0.3) is 0 Å². The lowest BCUT2D eigenvalue weighted by atomic mass is 10.1. The number of benzene rings is 2. The third-order valence-corrected chi connectivity index (χ3v) is 4.43. The van der Waals surface area contributed by atoms with E-state index in [9.17, 15) is 4.79 Å². The van der Waals surface area contributed by atoms with E-state index in [1.54, 1.807) is 17.4 Å². The van der Waals surface area contributed by atoms with Crippen LogP contribution in [0.3, 0.4) is 0 Å². The zero-order valence-electron chi connectivity index (χ0n) is 11.5. The summed E-state index contributed by atoms with van der Waals surface area (Å²) in [6, 6.07) is 15.6. The fourth-order valence-corrected chi connectivity index (χ4v) is 3.30. The van der Waals surface area contributed by atoms with E-state index in [1.165, 1.54) is 15.6 Å². The summed E-state index contributed by atoms with van der Waals surface area (Å²) in [5, 5.41) is 6.24. The number of aryl methyl sites for hydroxylation is 1. The number of amides is 1. The van der Waals surface area contributed by atoms with Crippen molar-refractivity contribution in [2.75, 3.05) is 11.1 Å². The van der Waals surface area contributed by atoms with Crippen molar-refractivity contribution < 1.29 is 4.79 Å². The van der Waals surface area contributed by atoms with Gasteiger partial charge in [0.15, 0.2) is 0 Å². The molecule has 0 aliphatic rings.